The smallest absolute Gasteiger partial charge is 0.0576 e. The van der Waals surface area contributed by atoms with Gasteiger partial charge in [-0.1, -0.05) is 35.9 Å². The Kier molecular flexibility index (Phi) is 3.76. The highest BCUT2D eigenvalue weighted by atomic mass is 79.9. The molecule has 2 aromatic rings. The third-order valence-electron chi connectivity index (χ3n) is 3.90. The number of rotatable bonds is 3. The van der Waals surface area contributed by atoms with Gasteiger partial charge < -0.3 is 11.1 Å². The molecule has 0 heterocycles. The second-order valence-electron chi connectivity index (χ2n) is 5.36. The lowest BCUT2D eigenvalue weighted by Crippen LogP contribution is -2.46. The number of hydrogen-bond acceptors (Lipinski definition) is 2. The Balaban J connectivity index is 1.87. The monoisotopic (exact) mass is 350 g/mol. The van der Waals surface area contributed by atoms with Crippen LogP contribution in [0.25, 0.3) is 0 Å². The van der Waals surface area contributed by atoms with Crippen molar-refractivity contribution in [3.8, 4) is 0 Å². The first-order valence-electron chi connectivity index (χ1n) is 6.62. The number of nitrogens with two attached hydrogens (primary N) is 1. The SMILES string of the molecule is NCC1(Nc2ccc(Br)c(Cl)c2)Cc2ccccc2C1. The molecule has 0 aliphatic heterocycles. The molecule has 0 unspecified atom stereocenters. The normalized spacial score (nSPS) is 15.9. The zero-order valence-electron chi connectivity index (χ0n) is 11.0. The predicted octanol–water partition coefficient (Wildman–Crippen LogP) is 4.01. The second kappa shape index (κ2) is 5.40. The first-order valence-corrected chi connectivity index (χ1v) is 7.79. The molecule has 2 aromatic carbocycles. The molecule has 3 N–H and O–H groups in total. The van der Waals surface area contributed by atoms with E-state index in [0.717, 1.165) is 23.0 Å². The summed E-state index contributed by atoms with van der Waals surface area (Å²) in [4.78, 5) is 0. The maximum Gasteiger partial charge on any atom is 0.0576 e. The van der Waals surface area contributed by atoms with Crippen molar-refractivity contribution in [2.75, 3.05) is 11.9 Å². The van der Waals surface area contributed by atoms with Crippen molar-refractivity contribution < 1.29 is 0 Å². The Hall–Kier alpha value is -1.03. The van der Waals surface area contributed by atoms with Crippen LogP contribution in [0.4, 0.5) is 5.69 Å². The van der Waals surface area contributed by atoms with Gasteiger partial charge in [0.2, 0.25) is 0 Å². The van der Waals surface area contributed by atoms with Gasteiger partial charge in [0.05, 0.1) is 10.6 Å². The molecule has 0 atom stereocenters. The number of halogens is 2. The number of anilines is 1. The molecule has 2 nitrogen and oxygen atoms in total. The summed E-state index contributed by atoms with van der Waals surface area (Å²) < 4.78 is 0.904. The van der Waals surface area contributed by atoms with E-state index in [2.05, 4.69) is 45.5 Å². The molecular formula is C16H16BrClN2. The van der Waals surface area contributed by atoms with Crippen LogP contribution in [-0.2, 0) is 12.8 Å². The van der Waals surface area contributed by atoms with Crippen molar-refractivity contribution in [3.63, 3.8) is 0 Å². The van der Waals surface area contributed by atoms with Crippen LogP contribution < -0.4 is 11.1 Å². The van der Waals surface area contributed by atoms with Gasteiger partial charge in [-0.3, -0.25) is 0 Å². The first-order chi connectivity index (χ1) is 9.62. The predicted molar refractivity (Wildman–Crippen MR) is 88.4 cm³/mol. The molecule has 3 rings (SSSR count). The van der Waals surface area contributed by atoms with Gasteiger partial charge in [0.25, 0.3) is 0 Å². The van der Waals surface area contributed by atoms with Crippen molar-refractivity contribution in [1.82, 2.24) is 0 Å². The molecule has 1 aliphatic carbocycles. The number of fused-ring (bicyclic) bond motifs is 1. The lowest BCUT2D eigenvalue weighted by atomic mass is 9.95. The molecule has 0 radical (unpaired) electrons. The van der Waals surface area contributed by atoms with Crippen LogP contribution >= 0.6 is 27.5 Å². The Morgan fingerprint density at radius 2 is 1.80 bits per heavy atom. The summed E-state index contributed by atoms with van der Waals surface area (Å²) in [5, 5.41) is 4.29. The molecule has 0 saturated carbocycles. The van der Waals surface area contributed by atoms with E-state index in [1.807, 2.05) is 18.2 Å². The fraction of sp³-hybridized carbons (Fsp3) is 0.250. The van der Waals surface area contributed by atoms with E-state index in [9.17, 15) is 0 Å². The van der Waals surface area contributed by atoms with Crippen LogP contribution in [0, 0.1) is 0 Å². The van der Waals surface area contributed by atoms with E-state index in [-0.39, 0.29) is 5.54 Å². The average Bonchev–Trinajstić information content (AvgIpc) is 2.81. The Bertz CT molecular complexity index is 617. The topological polar surface area (TPSA) is 38.0 Å². The molecule has 0 fully saturated rings. The van der Waals surface area contributed by atoms with Crippen LogP contribution in [0.2, 0.25) is 5.02 Å². The van der Waals surface area contributed by atoms with Crippen molar-refractivity contribution in [2.24, 2.45) is 5.73 Å². The van der Waals surface area contributed by atoms with E-state index in [1.165, 1.54) is 11.1 Å². The van der Waals surface area contributed by atoms with E-state index in [0.29, 0.717) is 11.6 Å². The van der Waals surface area contributed by atoms with Gasteiger partial charge >= 0.3 is 0 Å². The van der Waals surface area contributed by atoms with Gasteiger partial charge in [-0.15, -0.1) is 0 Å². The number of nitrogens with one attached hydrogen (secondary N) is 1. The van der Waals surface area contributed by atoms with E-state index < -0.39 is 0 Å². The molecule has 0 saturated heterocycles. The van der Waals surface area contributed by atoms with E-state index >= 15 is 0 Å². The average molecular weight is 352 g/mol. The van der Waals surface area contributed by atoms with Crippen molar-refractivity contribution in [3.05, 3.63) is 63.1 Å². The van der Waals surface area contributed by atoms with Crippen LogP contribution in [-0.4, -0.2) is 12.1 Å². The van der Waals surface area contributed by atoms with Gasteiger partial charge in [-0.25, -0.2) is 0 Å². The highest BCUT2D eigenvalue weighted by Gasteiger charge is 2.35. The molecule has 4 heteroatoms. The third-order valence-corrected chi connectivity index (χ3v) is 5.13. The summed E-state index contributed by atoms with van der Waals surface area (Å²) in [5.41, 5.74) is 9.73. The minimum absolute atomic E-state index is 0.110. The van der Waals surface area contributed by atoms with Gasteiger partial charge in [0.1, 0.15) is 0 Å². The molecule has 20 heavy (non-hydrogen) atoms. The first kappa shape index (κ1) is 13.9. The Labute approximate surface area is 132 Å². The highest BCUT2D eigenvalue weighted by Crippen LogP contribution is 2.34. The molecule has 0 amide bonds. The number of benzene rings is 2. The maximum atomic E-state index is 6.16. The lowest BCUT2D eigenvalue weighted by molar-refractivity contribution is 0.504. The van der Waals surface area contributed by atoms with Crippen LogP contribution in [0.1, 0.15) is 11.1 Å². The van der Waals surface area contributed by atoms with Gasteiger partial charge in [-0.2, -0.15) is 0 Å². The zero-order valence-corrected chi connectivity index (χ0v) is 13.3. The third kappa shape index (κ3) is 2.58. The number of hydrogen-bond donors (Lipinski definition) is 2. The molecule has 104 valence electrons. The van der Waals surface area contributed by atoms with Gasteiger partial charge in [0, 0.05) is 16.7 Å². The molecular weight excluding hydrogens is 336 g/mol. The summed E-state index contributed by atoms with van der Waals surface area (Å²) in [6.45, 7) is 0.593. The fourth-order valence-corrected chi connectivity index (χ4v) is 3.29. The minimum atomic E-state index is -0.110. The minimum Gasteiger partial charge on any atom is -0.378 e. The highest BCUT2D eigenvalue weighted by molar-refractivity contribution is 9.10. The summed E-state index contributed by atoms with van der Waals surface area (Å²) in [7, 11) is 0. The van der Waals surface area contributed by atoms with Crippen LogP contribution in [0.15, 0.2) is 46.9 Å². The standard InChI is InChI=1S/C16H16BrClN2/c17-14-6-5-13(7-15(14)18)20-16(10-19)8-11-3-1-2-4-12(11)9-16/h1-7,20H,8-10,19H2. The van der Waals surface area contributed by atoms with Crippen molar-refractivity contribution in [2.45, 2.75) is 18.4 Å². The summed E-state index contributed by atoms with van der Waals surface area (Å²) >= 11 is 9.57. The zero-order chi connectivity index (χ0) is 14.2. The van der Waals surface area contributed by atoms with Crippen molar-refractivity contribution >= 4 is 33.2 Å². The molecule has 0 spiro atoms. The summed E-state index contributed by atoms with van der Waals surface area (Å²) in [6.07, 6.45) is 1.90. The van der Waals surface area contributed by atoms with Gasteiger partial charge in [-0.05, 0) is 58.1 Å². The summed E-state index contributed by atoms with van der Waals surface area (Å²) in [5.74, 6) is 0. The molecule has 1 aliphatic rings. The molecule has 0 aromatic heterocycles. The largest absolute Gasteiger partial charge is 0.378 e. The Morgan fingerprint density at radius 3 is 2.35 bits per heavy atom. The quantitative estimate of drug-likeness (QED) is 0.877. The Morgan fingerprint density at radius 1 is 1.15 bits per heavy atom. The summed E-state index contributed by atoms with van der Waals surface area (Å²) in [6, 6.07) is 14.5. The molecule has 0 bridgehead atoms. The van der Waals surface area contributed by atoms with E-state index in [1.54, 1.807) is 0 Å². The van der Waals surface area contributed by atoms with Crippen LogP contribution in [0.3, 0.4) is 0 Å². The second-order valence-corrected chi connectivity index (χ2v) is 6.62. The fourth-order valence-electron chi connectivity index (χ4n) is 2.86. The van der Waals surface area contributed by atoms with E-state index in [4.69, 9.17) is 17.3 Å². The van der Waals surface area contributed by atoms with Crippen molar-refractivity contribution in [1.29, 1.82) is 0 Å². The van der Waals surface area contributed by atoms with Gasteiger partial charge in [0.15, 0.2) is 0 Å². The van der Waals surface area contributed by atoms with Crippen LogP contribution in [0.5, 0.6) is 0 Å². The maximum absolute atomic E-state index is 6.16. The lowest BCUT2D eigenvalue weighted by Gasteiger charge is -2.30.